The quantitative estimate of drug-likeness (QED) is 0.676. The van der Waals surface area contributed by atoms with E-state index in [9.17, 15) is 10.1 Å². The maximum Gasteiger partial charge on any atom is 0.288 e. The summed E-state index contributed by atoms with van der Waals surface area (Å²) in [5.74, 6) is 0.540. The summed E-state index contributed by atoms with van der Waals surface area (Å²) in [6.07, 6.45) is 1.44. The summed E-state index contributed by atoms with van der Waals surface area (Å²) in [6, 6.07) is 3.98. The van der Waals surface area contributed by atoms with Crippen molar-refractivity contribution in [2.75, 3.05) is 5.73 Å². The highest BCUT2D eigenvalue weighted by molar-refractivity contribution is 9.10. The molecule has 0 amide bonds. The minimum absolute atomic E-state index is 0.0272. The molecule has 0 spiro atoms. The molecular weight excluding hydrogens is 339 g/mol. The molecule has 0 saturated carbocycles. The van der Waals surface area contributed by atoms with Crippen LogP contribution in [0.15, 0.2) is 28.9 Å². The molecule has 0 fully saturated rings. The predicted octanol–water partition coefficient (Wildman–Crippen LogP) is 3.18. The lowest BCUT2D eigenvalue weighted by molar-refractivity contribution is -0.384. The lowest BCUT2D eigenvalue weighted by Crippen LogP contribution is -1.97. The number of nitrogens with two attached hydrogens (primary N) is 1. The lowest BCUT2D eigenvalue weighted by Gasteiger charge is -2.07. The average molecular weight is 346 g/mol. The number of nitro groups is 1. The number of anilines is 1. The molecule has 2 aromatic rings. The number of rotatable bonds is 3. The molecule has 0 aliphatic rings. The van der Waals surface area contributed by atoms with Gasteiger partial charge >= 0.3 is 0 Å². The zero-order valence-corrected chi connectivity index (χ0v) is 11.6. The van der Waals surface area contributed by atoms with Gasteiger partial charge in [-0.3, -0.25) is 10.1 Å². The van der Waals surface area contributed by atoms with Gasteiger partial charge < -0.3 is 10.5 Å². The van der Waals surface area contributed by atoms with E-state index in [1.54, 1.807) is 0 Å². The molecule has 19 heavy (non-hydrogen) atoms. The molecule has 9 heteroatoms. The number of benzene rings is 1. The number of hydrogen-bond acceptors (Lipinski definition) is 6. The van der Waals surface area contributed by atoms with Crippen LogP contribution in [0.25, 0.3) is 0 Å². The summed E-state index contributed by atoms with van der Waals surface area (Å²) in [7, 11) is 0. The first kappa shape index (κ1) is 13.5. The number of nitrogens with zero attached hydrogens (tertiary/aromatic N) is 3. The summed E-state index contributed by atoms with van der Waals surface area (Å²) < 4.78 is 5.92. The fraction of sp³-hybridized carbons (Fsp3) is 0. The molecule has 2 rings (SSSR count). The Morgan fingerprint density at radius 2 is 2.21 bits per heavy atom. The minimum atomic E-state index is -0.579. The van der Waals surface area contributed by atoms with Crippen LogP contribution in [-0.2, 0) is 0 Å². The molecule has 0 radical (unpaired) electrons. The van der Waals surface area contributed by atoms with E-state index < -0.39 is 4.92 Å². The molecule has 1 aromatic heterocycles. The Balaban J connectivity index is 2.31. The van der Waals surface area contributed by atoms with Gasteiger partial charge in [0.15, 0.2) is 0 Å². The van der Waals surface area contributed by atoms with Crippen LogP contribution in [0.3, 0.4) is 0 Å². The number of nitrogen functional groups attached to an aromatic ring is 1. The van der Waals surface area contributed by atoms with E-state index >= 15 is 0 Å². The topological polar surface area (TPSA) is 104 Å². The van der Waals surface area contributed by atoms with Gasteiger partial charge in [0, 0.05) is 12.1 Å². The Morgan fingerprint density at radius 1 is 1.47 bits per heavy atom. The van der Waals surface area contributed by atoms with Crippen molar-refractivity contribution in [1.82, 2.24) is 9.97 Å². The molecular formula is C10H6BrClN4O3. The molecule has 1 heterocycles. The zero-order chi connectivity index (χ0) is 14.0. The number of aromatic nitrogens is 2. The van der Waals surface area contributed by atoms with Crippen LogP contribution in [0.2, 0.25) is 5.02 Å². The molecule has 0 saturated heterocycles. The van der Waals surface area contributed by atoms with Crippen molar-refractivity contribution in [2.45, 2.75) is 0 Å². The van der Waals surface area contributed by atoms with E-state index in [0.717, 1.165) is 0 Å². The molecule has 1 aromatic carbocycles. The van der Waals surface area contributed by atoms with Gasteiger partial charge in [0.25, 0.3) is 5.69 Å². The zero-order valence-electron chi connectivity index (χ0n) is 9.21. The average Bonchev–Trinajstić information content (AvgIpc) is 2.33. The van der Waals surface area contributed by atoms with E-state index in [4.69, 9.17) is 22.1 Å². The highest BCUT2D eigenvalue weighted by atomic mass is 79.9. The second-order valence-corrected chi connectivity index (χ2v) is 4.62. The summed E-state index contributed by atoms with van der Waals surface area (Å²) in [4.78, 5) is 17.7. The fourth-order valence-electron chi connectivity index (χ4n) is 1.25. The van der Waals surface area contributed by atoms with E-state index in [1.807, 2.05) is 0 Å². The highest BCUT2D eigenvalue weighted by Crippen LogP contribution is 2.32. The van der Waals surface area contributed by atoms with Crippen molar-refractivity contribution in [1.29, 1.82) is 0 Å². The van der Waals surface area contributed by atoms with E-state index in [0.29, 0.717) is 10.2 Å². The Bertz CT molecular complexity index is 653. The number of ether oxygens (including phenoxy) is 1. The second kappa shape index (κ2) is 5.37. The Kier molecular flexibility index (Phi) is 3.82. The number of nitro benzene ring substituents is 1. The van der Waals surface area contributed by atoms with Crippen LogP contribution in [0.5, 0.6) is 11.6 Å². The standard InChI is InChI=1S/C10H6BrClN4O3/c11-6-4-14-10(13)15-9(6)19-5-1-2-8(16(17)18)7(12)3-5/h1-4H,(H2,13,14,15). The van der Waals surface area contributed by atoms with Gasteiger partial charge in [0.05, 0.1) is 15.6 Å². The van der Waals surface area contributed by atoms with Crippen LogP contribution >= 0.6 is 27.5 Å². The summed E-state index contributed by atoms with van der Waals surface area (Å²) in [5, 5.41) is 10.6. The van der Waals surface area contributed by atoms with Gasteiger partial charge in [-0.1, -0.05) is 11.6 Å². The van der Waals surface area contributed by atoms with Crippen molar-refractivity contribution >= 4 is 39.2 Å². The number of hydrogen-bond donors (Lipinski definition) is 1. The third-order valence-electron chi connectivity index (χ3n) is 2.06. The van der Waals surface area contributed by atoms with Crippen LogP contribution in [0.4, 0.5) is 11.6 Å². The van der Waals surface area contributed by atoms with Crippen LogP contribution in [0, 0.1) is 10.1 Å². The molecule has 0 bridgehead atoms. The van der Waals surface area contributed by atoms with Gasteiger partial charge in [-0.2, -0.15) is 4.98 Å². The van der Waals surface area contributed by atoms with Crippen molar-refractivity contribution in [3.8, 4) is 11.6 Å². The molecule has 0 aliphatic heterocycles. The van der Waals surface area contributed by atoms with Crippen LogP contribution in [0.1, 0.15) is 0 Å². The first-order chi connectivity index (χ1) is 8.97. The van der Waals surface area contributed by atoms with Crippen molar-refractivity contribution < 1.29 is 9.66 Å². The van der Waals surface area contributed by atoms with Crippen molar-refractivity contribution in [3.05, 3.63) is 44.0 Å². The summed E-state index contributed by atoms with van der Waals surface area (Å²) in [6.45, 7) is 0. The maximum atomic E-state index is 10.6. The largest absolute Gasteiger partial charge is 0.438 e. The first-order valence-corrected chi connectivity index (χ1v) is 6.04. The Labute approximate surface area is 120 Å². The van der Waals surface area contributed by atoms with E-state index in [-0.39, 0.29) is 22.5 Å². The Hall–Kier alpha value is -1.93. The lowest BCUT2D eigenvalue weighted by atomic mass is 10.3. The smallest absolute Gasteiger partial charge is 0.288 e. The van der Waals surface area contributed by atoms with Gasteiger partial charge in [0.2, 0.25) is 11.8 Å². The molecule has 98 valence electrons. The number of halogens is 2. The van der Waals surface area contributed by atoms with Gasteiger partial charge in [-0.05, 0) is 22.0 Å². The summed E-state index contributed by atoms with van der Waals surface area (Å²) in [5.41, 5.74) is 5.24. The van der Waals surface area contributed by atoms with Gasteiger partial charge in [-0.15, -0.1) is 0 Å². The van der Waals surface area contributed by atoms with Gasteiger partial charge in [-0.25, -0.2) is 4.98 Å². The van der Waals surface area contributed by atoms with Gasteiger partial charge in [0.1, 0.15) is 10.8 Å². The van der Waals surface area contributed by atoms with Crippen LogP contribution < -0.4 is 10.5 Å². The third kappa shape index (κ3) is 3.09. The Morgan fingerprint density at radius 3 is 2.84 bits per heavy atom. The third-order valence-corrected chi connectivity index (χ3v) is 2.91. The summed E-state index contributed by atoms with van der Waals surface area (Å²) >= 11 is 8.97. The molecule has 0 aliphatic carbocycles. The van der Waals surface area contributed by atoms with Crippen LogP contribution in [-0.4, -0.2) is 14.9 Å². The second-order valence-electron chi connectivity index (χ2n) is 3.35. The monoisotopic (exact) mass is 344 g/mol. The molecule has 0 atom stereocenters. The first-order valence-electron chi connectivity index (χ1n) is 4.87. The van der Waals surface area contributed by atoms with Crippen molar-refractivity contribution in [2.24, 2.45) is 0 Å². The maximum absolute atomic E-state index is 10.6. The normalized spacial score (nSPS) is 10.2. The minimum Gasteiger partial charge on any atom is -0.438 e. The van der Waals surface area contributed by atoms with E-state index in [2.05, 4.69) is 25.9 Å². The van der Waals surface area contributed by atoms with Crippen molar-refractivity contribution in [3.63, 3.8) is 0 Å². The highest BCUT2D eigenvalue weighted by Gasteiger charge is 2.14. The molecule has 2 N–H and O–H groups in total. The van der Waals surface area contributed by atoms with E-state index in [1.165, 1.54) is 24.4 Å². The molecule has 7 nitrogen and oxygen atoms in total. The SMILES string of the molecule is Nc1ncc(Br)c(Oc2ccc([N+](=O)[O-])c(Cl)c2)n1. The molecule has 0 unspecified atom stereocenters. The predicted molar refractivity (Wildman–Crippen MR) is 72.3 cm³/mol. The fourth-order valence-corrected chi connectivity index (χ4v) is 1.76.